The molecule has 1 rings (SSSR count). The first-order valence-corrected chi connectivity index (χ1v) is 2.19. The van der Waals surface area contributed by atoms with Gasteiger partial charge in [-0.15, -0.1) is 19.0 Å². The lowest BCUT2D eigenvalue weighted by molar-refractivity contribution is 0.859. The molecule has 7 heavy (non-hydrogen) atoms. The van der Waals surface area contributed by atoms with Crippen LogP contribution >= 0.6 is 12.4 Å². The molecule has 0 saturated heterocycles. The van der Waals surface area contributed by atoms with E-state index in [1.165, 1.54) is 0 Å². The van der Waals surface area contributed by atoms with Crippen LogP contribution in [0.15, 0.2) is 12.7 Å². The summed E-state index contributed by atoms with van der Waals surface area (Å²) in [6, 6.07) is 0. The summed E-state index contributed by atoms with van der Waals surface area (Å²) in [7, 11) is 0. The van der Waals surface area contributed by atoms with Crippen molar-refractivity contribution in [3.05, 3.63) is 12.7 Å². The third kappa shape index (κ3) is 1.49. The largest absolute Gasteiger partial charge is 0.322 e. The van der Waals surface area contributed by atoms with E-state index >= 15 is 0 Å². The highest BCUT2D eigenvalue weighted by Crippen LogP contribution is 2.32. The maximum Gasteiger partial charge on any atom is 0.0338 e. The number of nitrogens with two attached hydrogens (primary N) is 1. The molecule has 1 nitrogen and oxygen atoms in total. The quantitative estimate of drug-likeness (QED) is 0.514. The topological polar surface area (TPSA) is 26.0 Å². The molecule has 0 aromatic rings. The van der Waals surface area contributed by atoms with Crippen LogP contribution in [0.25, 0.3) is 0 Å². The van der Waals surface area contributed by atoms with E-state index in [1.807, 2.05) is 6.08 Å². The first kappa shape index (κ1) is 6.99. The van der Waals surface area contributed by atoms with Gasteiger partial charge in [-0.1, -0.05) is 6.08 Å². The van der Waals surface area contributed by atoms with Gasteiger partial charge in [0.1, 0.15) is 0 Å². The van der Waals surface area contributed by atoms with Gasteiger partial charge in [0.15, 0.2) is 0 Å². The van der Waals surface area contributed by atoms with Crippen LogP contribution in [0.1, 0.15) is 12.8 Å². The Morgan fingerprint density at radius 2 is 2.00 bits per heavy atom. The van der Waals surface area contributed by atoms with E-state index in [2.05, 4.69) is 6.58 Å². The lowest BCUT2D eigenvalue weighted by Gasteiger charge is -1.92. The summed E-state index contributed by atoms with van der Waals surface area (Å²) in [5.41, 5.74) is 5.58. The Morgan fingerprint density at radius 3 is 2.00 bits per heavy atom. The molecule has 1 fully saturated rings. The highest BCUT2D eigenvalue weighted by molar-refractivity contribution is 5.85. The first-order valence-electron chi connectivity index (χ1n) is 2.19. The molecule has 1 aliphatic rings. The fourth-order valence-corrected chi connectivity index (χ4v) is 0.348. The lowest BCUT2D eigenvalue weighted by atomic mass is 10.3. The lowest BCUT2D eigenvalue weighted by Crippen LogP contribution is -2.16. The summed E-state index contributed by atoms with van der Waals surface area (Å²) in [6.45, 7) is 3.57. The summed E-state index contributed by atoms with van der Waals surface area (Å²) in [5.74, 6) is 0. The normalized spacial score (nSPS) is 22.4. The van der Waals surface area contributed by atoms with E-state index in [-0.39, 0.29) is 17.9 Å². The molecular formula is C5H10ClN. The van der Waals surface area contributed by atoms with Crippen LogP contribution in [0.4, 0.5) is 0 Å². The Kier molecular flexibility index (Phi) is 1.84. The maximum atomic E-state index is 5.53. The minimum atomic E-state index is 0. The SMILES string of the molecule is C=CC1(N)CC1.Cl. The molecule has 0 radical (unpaired) electrons. The van der Waals surface area contributed by atoms with Crippen molar-refractivity contribution in [2.24, 2.45) is 5.73 Å². The van der Waals surface area contributed by atoms with E-state index in [4.69, 9.17) is 5.73 Å². The van der Waals surface area contributed by atoms with Crippen molar-refractivity contribution in [2.75, 3.05) is 0 Å². The van der Waals surface area contributed by atoms with E-state index in [1.54, 1.807) is 0 Å². The predicted octanol–water partition coefficient (Wildman–Crippen LogP) is 1.09. The average molecular weight is 120 g/mol. The fourth-order valence-electron chi connectivity index (χ4n) is 0.348. The van der Waals surface area contributed by atoms with Crippen molar-refractivity contribution in [2.45, 2.75) is 18.4 Å². The van der Waals surface area contributed by atoms with Gasteiger partial charge in [-0.05, 0) is 12.8 Å². The third-order valence-corrected chi connectivity index (χ3v) is 1.23. The zero-order valence-electron chi connectivity index (χ0n) is 4.18. The highest BCUT2D eigenvalue weighted by atomic mass is 35.5. The molecule has 0 spiro atoms. The minimum absolute atomic E-state index is 0. The fraction of sp³-hybridized carbons (Fsp3) is 0.600. The maximum absolute atomic E-state index is 5.53. The van der Waals surface area contributed by atoms with E-state index < -0.39 is 0 Å². The summed E-state index contributed by atoms with van der Waals surface area (Å²) in [5, 5.41) is 0. The smallest absolute Gasteiger partial charge is 0.0338 e. The van der Waals surface area contributed by atoms with Crippen LogP contribution in [-0.2, 0) is 0 Å². The number of hydrogen-bond acceptors (Lipinski definition) is 1. The van der Waals surface area contributed by atoms with Crippen LogP contribution < -0.4 is 5.73 Å². The van der Waals surface area contributed by atoms with Gasteiger partial charge in [0.2, 0.25) is 0 Å². The molecule has 0 aliphatic heterocycles. The van der Waals surface area contributed by atoms with Crippen LogP contribution in [-0.4, -0.2) is 5.54 Å². The molecule has 0 unspecified atom stereocenters. The second-order valence-corrected chi connectivity index (χ2v) is 1.94. The molecule has 0 atom stereocenters. The van der Waals surface area contributed by atoms with Gasteiger partial charge in [-0.25, -0.2) is 0 Å². The predicted molar refractivity (Wildman–Crippen MR) is 33.6 cm³/mol. The van der Waals surface area contributed by atoms with Crippen LogP contribution in [0, 0.1) is 0 Å². The molecule has 42 valence electrons. The molecule has 0 amide bonds. The molecular weight excluding hydrogens is 110 g/mol. The Labute approximate surface area is 50.0 Å². The molecule has 0 heterocycles. The van der Waals surface area contributed by atoms with Crippen LogP contribution in [0.2, 0.25) is 0 Å². The summed E-state index contributed by atoms with van der Waals surface area (Å²) in [4.78, 5) is 0. The second-order valence-electron chi connectivity index (χ2n) is 1.94. The molecule has 0 aromatic heterocycles. The van der Waals surface area contributed by atoms with Crippen molar-refractivity contribution in [1.82, 2.24) is 0 Å². The monoisotopic (exact) mass is 119 g/mol. The number of halogens is 1. The Hall–Kier alpha value is -0.0100. The van der Waals surface area contributed by atoms with Crippen molar-refractivity contribution >= 4 is 12.4 Å². The first-order chi connectivity index (χ1) is 2.77. The van der Waals surface area contributed by atoms with Gasteiger partial charge in [0.05, 0.1) is 0 Å². The van der Waals surface area contributed by atoms with Gasteiger partial charge in [-0.3, -0.25) is 0 Å². The summed E-state index contributed by atoms with van der Waals surface area (Å²) >= 11 is 0. The van der Waals surface area contributed by atoms with E-state index in [0.717, 1.165) is 12.8 Å². The van der Waals surface area contributed by atoms with Crippen molar-refractivity contribution in [3.63, 3.8) is 0 Å². The molecule has 1 aliphatic carbocycles. The molecule has 1 saturated carbocycles. The van der Waals surface area contributed by atoms with E-state index in [0.29, 0.717) is 0 Å². The van der Waals surface area contributed by atoms with Crippen LogP contribution in [0.3, 0.4) is 0 Å². The molecule has 2 N–H and O–H groups in total. The number of rotatable bonds is 1. The standard InChI is InChI=1S/C5H9N.ClH/c1-2-5(6)3-4-5;/h2H,1,3-4,6H2;1H. The zero-order valence-corrected chi connectivity index (χ0v) is 5.00. The van der Waals surface area contributed by atoms with Crippen molar-refractivity contribution in [3.8, 4) is 0 Å². The third-order valence-electron chi connectivity index (χ3n) is 1.23. The van der Waals surface area contributed by atoms with Crippen LogP contribution in [0.5, 0.6) is 0 Å². The Balaban J connectivity index is 0.000000360. The van der Waals surface area contributed by atoms with Gasteiger partial charge in [0, 0.05) is 5.54 Å². The second kappa shape index (κ2) is 1.85. The molecule has 0 aromatic carbocycles. The van der Waals surface area contributed by atoms with Gasteiger partial charge < -0.3 is 5.73 Å². The molecule has 0 bridgehead atoms. The van der Waals surface area contributed by atoms with Gasteiger partial charge >= 0.3 is 0 Å². The Morgan fingerprint density at radius 1 is 1.57 bits per heavy atom. The average Bonchev–Trinajstić information content (AvgIpc) is 2.22. The van der Waals surface area contributed by atoms with Gasteiger partial charge in [0.25, 0.3) is 0 Å². The Bertz CT molecular complexity index is 76.1. The summed E-state index contributed by atoms with van der Waals surface area (Å²) in [6.07, 6.45) is 4.10. The van der Waals surface area contributed by atoms with Crippen molar-refractivity contribution < 1.29 is 0 Å². The minimum Gasteiger partial charge on any atom is -0.322 e. The molecule has 2 heteroatoms. The summed E-state index contributed by atoms with van der Waals surface area (Å²) < 4.78 is 0. The highest BCUT2D eigenvalue weighted by Gasteiger charge is 2.33. The zero-order chi connectivity index (χ0) is 4.62. The van der Waals surface area contributed by atoms with Gasteiger partial charge in [-0.2, -0.15) is 0 Å². The number of hydrogen-bond donors (Lipinski definition) is 1. The van der Waals surface area contributed by atoms with Crippen molar-refractivity contribution in [1.29, 1.82) is 0 Å². The van der Waals surface area contributed by atoms with E-state index in [9.17, 15) is 0 Å².